The van der Waals surface area contributed by atoms with Crippen molar-refractivity contribution in [1.82, 2.24) is 10.2 Å². The Balaban J connectivity index is 1.69. The van der Waals surface area contributed by atoms with E-state index in [1.54, 1.807) is 0 Å². The Hall–Kier alpha value is -2.54. The van der Waals surface area contributed by atoms with Gasteiger partial charge in [0, 0.05) is 12.2 Å². The predicted molar refractivity (Wildman–Crippen MR) is 128 cm³/mol. The number of aliphatic imine (C=N–C) groups is 1. The summed E-state index contributed by atoms with van der Waals surface area (Å²) in [6, 6.07) is 8.00. The Morgan fingerprint density at radius 1 is 1.25 bits per heavy atom. The Bertz CT molecular complexity index is 990. The highest BCUT2D eigenvalue weighted by atomic mass is 32.2. The lowest BCUT2D eigenvalue weighted by Crippen LogP contribution is -2.38. The van der Waals surface area contributed by atoms with Gasteiger partial charge in [0.2, 0.25) is 5.91 Å². The molecule has 1 aromatic rings. The summed E-state index contributed by atoms with van der Waals surface area (Å²) in [4.78, 5) is 32.4. The van der Waals surface area contributed by atoms with Crippen molar-refractivity contribution in [2.45, 2.75) is 58.4 Å². The van der Waals surface area contributed by atoms with E-state index in [2.05, 4.69) is 43.4 Å². The van der Waals surface area contributed by atoms with Crippen LogP contribution in [0.25, 0.3) is 0 Å². The number of amides is 1. The van der Waals surface area contributed by atoms with Crippen LogP contribution in [0, 0.1) is 5.92 Å². The van der Waals surface area contributed by atoms with E-state index in [9.17, 15) is 9.59 Å². The molecule has 0 unspecified atom stereocenters. The van der Waals surface area contributed by atoms with Crippen LogP contribution in [-0.2, 0) is 14.3 Å². The first kappa shape index (κ1) is 22.6. The fourth-order valence-corrected chi connectivity index (χ4v) is 5.04. The molecule has 1 fully saturated rings. The summed E-state index contributed by atoms with van der Waals surface area (Å²) in [6.45, 7) is 7.06. The first-order chi connectivity index (χ1) is 15.4. The molecule has 32 heavy (non-hydrogen) atoms. The van der Waals surface area contributed by atoms with Crippen LogP contribution in [0.3, 0.4) is 0 Å². The molecule has 0 bridgehead atoms. The van der Waals surface area contributed by atoms with Gasteiger partial charge in [-0.25, -0.2) is 9.79 Å². The molecule has 0 spiro atoms. The zero-order chi connectivity index (χ0) is 22.8. The van der Waals surface area contributed by atoms with Crippen molar-refractivity contribution < 1.29 is 14.3 Å². The standard InChI is InChI=1S/C25H31N3O3S/c1-5-20-22(24(30)31-4)23(18-10-8-17(9-11-18)15(2)3)28-19(14-32-25(28)27-20)12-21(29)26-13-16-6-7-16/h8-11,14-16,23H,5-7,12-13H2,1-4H3,(H,26,29)/t23-/m0/s1. The number of nitrogens with zero attached hydrogens (tertiary/aromatic N) is 2. The summed E-state index contributed by atoms with van der Waals surface area (Å²) >= 11 is 1.51. The molecule has 1 aromatic carbocycles. The number of carbonyl (C=O) groups excluding carboxylic acids is 2. The van der Waals surface area contributed by atoms with Gasteiger partial charge in [0.15, 0.2) is 5.17 Å². The van der Waals surface area contributed by atoms with Gasteiger partial charge in [0.05, 0.1) is 30.8 Å². The maximum atomic E-state index is 12.9. The van der Waals surface area contributed by atoms with Crippen LogP contribution < -0.4 is 5.32 Å². The summed E-state index contributed by atoms with van der Waals surface area (Å²) in [5, 5.41) is 5.84. The van der Waals surface area contributed by atoms with Gasteiger partial charge in [0.1, 0.15) is 0 Å². The average molecular weight is 454 g/mol. The van der Waals surface area contributed by atoms with Gasteiger partial charge in [-0.2, -0.15) is 0 Å². The molecule has 170 valence electrons. The lowest BCUT2D eigenvalue weighted by molar-refractivity contribution is -0.136. The van der Waals surface area contributed by atoms with E-state index >= 15 is 0 Å². The highest BCUT2D eigenvalue weighted by molar-refractivity contribution is 8.16. The molecule has 4 rings (SSSR count). The zero-order valence-electron chi connectivity index (χ0n) is 19.2. The van der Waals surface area contributed by atoms with Gasteiger partial charge in [-0.15, -0.1) is 0 Å². The molecule has 3 aliphatic rings. The van der Waals surface area contributed by atoms with Gasteiger partial charge in [-0.3, -0.25) is 4.79 Å². The van der Waals surface area contributed by atoms with Crippen LogP contribution in [-0.4, -0.2) is 35.6 Å². The van der Waals surface area contributed by atoms with Crippen molar-refractivity contribution in [3.05, 3.63) is 57.8 Å². The second kappa shape index (κ2) is 9.53. The second-order valence-electron chi connectivity index (χ2n) is 8.85. The summed E-state index contributed by atoms with van der Waals surface area (Å²) in [6.07, 6.45) is 3.28. The molecule has 2 aliphatic heterocycles. The molecule has 0 aromatic heterocycles. The molecule has 7 heteroatoms. The molecule has 0 saturated heterocycles. The SMILES string of the molecule is CCC1=C(C(=O)OC)[C@H](c2ccc(C(C)C)cc2)N2C(CC(=O)NCC3CC3)=CSC2=N1. The van der Waals surface area contributed by atoms with Crippen molar-refractivity contribution >= 4 is 28.8 Å². The zero-order valence-corrected chi connectivity index (χ0v) is 20.0. The maximum Gasteiger partial charge on any atom is 0.338 e. The lowest BCUT2D eigenvalue weighted by atomic mass is 9.91. The number of carbonyl (C=O) groups is 2. The number of fused-ring (bicyclic) bond motifs is 1. The number of amidine groups is 1. The van der Waals surface area contributed by atoms with E-state index in [1.807, 2.05) is 17.2 Å². The topological polar surface area (TPSA) is 71.0 Å². The first-order valence-corrected chi connectivity index (χ1v) is 12.2. The summed E-state index contributed by atoms with van der Waals surface area (Å²) in [5.74, 6) is 0.675. The van der Waals surface area contributed by atoms with Crippen LogP contribution in [0.2, 0.25) is 0 Å². The van der Waals surface area contributed by atoms with E-state index in [4.69, 9.17) is 9.73 Å². The fourth-order valence-electron chi connectivity index (χ4n) is 4.10. The van der Waals surface area contributed by atoms with E-state index < -0.39 is 0 Å². The smallest absolute Gasteiger partial charge is 0.338 e. The number of allylic oxidation sites excluding steroid dienone is 1. The molecule has 1 atom stereocenters. The van der Waals surface area contributed by atoms with Crippen LogP contribution >= 0.6 is 11.8 Å². The molecule has 1 amide bonds. The minimum Gasteiger partial charge on any atom is -0.466 e. The minimum absolute atomic E-state index is 0.00351. The van der Waals surface area contributed by atoms with Crippen LogP contribution in [0.4, 0.5) is 0 Å². The molecule has 1 N–H and O–H groups in total. The number of nitrogens with one attached hydrogen (secondary N) is 1. The number of hydrogen-bond acceptors (Lipinski definition) is 6. The van der Waals surface area contributed by atoms with Crippen LogP contribution in [0.1, 0.15) is 69.5 Å². The van der Waals surface area contributed by atoms with E-state index in [0.29, 0.717) is 23.8 Å². The minimum atomic E-state index is -0.378. The molecule has 6 nitrogen and oxygen atoms in total. The Labute approximate surface area is 194 Å². The predicted octanol–water partition coefficient (Wildman–Crippen LogP) is 4.86. The van der Waals surface area contributed by atoms with Crippen molar-refractivity contribution in [2.75, 3.05) is 13.7 Å². The summed E-state index contributed by atoms with van der Waals surface area (Å²) < 4.78 is 5.17. The molecular weight excluding hydrogens is 422 g/mol. The Morgan fingerprint density at radius 2 is 1.97 bits per heavy atom. The quantitative estimate of drug-likeness (QED) is 0.569. The maximum absolute atomic E-state index is 12.9. The molecule has 0 radical (unpaired) electrons. The third-order valence-corrected chi connectivity index (χ3v) is 7.06. The van der Waals surface area contributed by atoms with Gasteiger partial charge < -0.3 is 15.0 Å². The van der Waals surface area contributed by atoms with Crippen molar-refractivity contribution in [3.63, 3.8) is 0 Å². The molecule has 2 heterocycles. The highest BCUT2D eigenvalue weighted by Crippen LogP contribution is 2.45. The number of benzene rings is 1. The van der Waals surface area contributed by atoms with Gasteiger partial charge in [-0.05, 0) is 47.6 Å². The third-order valence-electron chi connectivity index (χ3n) is 6.17. The number of thioether (sulfide) groups is 1. The lowest BCUT2D eigenvalue weighted by Gasteiger charge is -2.36. The molecule has 1 aliphatic carbocycles. The summed E-state index contributed by atoms with van der Waals surface area (Å²) in [5.41, 5.74) is 4.37. The normalized spacial score (nSPS) is 20.2. The average Bonchev–Trinajstić information content (AvgIpc) is 3.56. The first-order valence-electron chi connectivity index (χ1n) is 11.3. The van der Waals surface area contributed by atoms with Crippen molar-refractivity contribution in [3.8, 4) is 0 Å². The molecule has 1 saturated carbocycles. The van der Waals surface area contributed by atoms with Crippen LogP contribution in [0.15, 0.2) is 51.6 Å². The van der Waals surface area contributed by atoms with Crippen molar-refractivity contribution in [1.29, 1.82) is 0 Å². The number of hydrogen-bond donors (Lipinski definition) is 1. The van der Waals surface area contributed by atoms with E-state index in [1.165, 1.54) is 37.3 Å². The number of ether oxygens (including phenoxy) is 1. The van der Waals surface area contributed by atoms with Crippen molar-refractivity contribution in [2.24, 2.45) is 10.9 Å². The van der Waals surface area contributed by atoms with Gasteiger partial charge >= 0.3 is 5.97 Å². The monoisotopic (exact) mass is 453 g/mol. The molecular formula is C25H31N3O3S. The van der Waals surface area contributed by atoms with Crippen LogP contribution in [0.5, 0.6) is 0 Å². The van der Waals surface area contributed by atoms with E-state index in [-0.39, 0.29) is 24.3 Å². The van der Waals surface area contributed by atoms with E-state index in [0.717, 1.165) is 28.7 Å². The second-order valence-corrected chi connectivity index (χ2v) is 9.68. The number of methoxy groups -OCH3 is 1. The third kappa shape index (κ3) is 4.63. The van der Waals surface area contributed by atoms with Gasteiger partial charge in [0.25, 0.3) is 0 Å². The largest absolute Gasteiger partial charge is 0.466 e. The summed E-state index contributed by atoms with van der Waals surface area (Å²) in [7, 11) is 1.40. The van der Waals surface area contributed by atoms with Gasteiger partial charge in [-0.1, -0.05) is 56.8 Å². The number of esters is 1. The fraction of sp³-hybridized carbons (Fsp3) is 0.480. The number of rotatable bonds is 8. The highest BCUT2D eigenvalue weighted by Gasteiger charge is 2.41. The Kier molecular flexibility index (Phi) is 6.74. The Morgan fingerprint density at radius 3 is 2.56 bits per heavy atom.